The second-order valence-electron chi connectivity index (χ2n) is 11.5. The Bertz CT molecular complexity index is 1170. The Hall–Kier alpha value is -2.19. The average molecular weight is 588 g/mol. The van der Waals surface area contributed by atoms with Crippen LogP contribution in [0, 0.1) is 30.1 Å². The lowest BCUT2D eigenvalue weighted by Gasteiger charge is -2.36. The summed E-state index contributed by atoms with van der Waals surface area (Å²) in [6.45, 7) is 7.22. The molecule has 1 fully saturated rings. The lowest BCUT2D eigenvalue weighted by Crippen LogP contribution is -2.37. The number of alkyl halides is 3. The first kappa shape index (κ1) is 31.3. The van der Waals surface area contributed by atoms with Crippen molar-refractivity contribution in [1.29, 1.82) is 0 Å². The fourth-order valence-corrected chi connectivity index (χ4v) is 6.32. The molecule has 0 spiro atoms. The number of benzene rings is 1. The second kappa shape index (κ2) is 12.1. The highest BCUT2D eigenvalue weighted by Crippen LogP contribution is 2.46. The van der Waals surface area contributed by atoms with Crippen LogP contribution in [0.1, 0.15) is 81.6 Å². The fraction of sp³-hybridized carbons (Fsp3) is 0.586. The molecule has 1 aliphatic heterocycles. The number of rotatable bonds is 10. The van der Waals surface area contributed by atoms with Crippen LogP contribution in [0.15, 0.2) is 28.3 Å². The van der Waals surface area contributed by atoms with Crippen LogP contribution in [0.4, 0.5) is 13.2 Å². The number of aliphatic imine (C=N–C) groups is 1. The van der Waals surface area contributed by atoms with E-state index in [1.54, 1.807) is 26.0 Å². The molecule has 0 saturated heterocycles. The molecule has 5 nitrogen and oxygen atoms in total. The van der Waals surface area contributed by atoms with Gasteiger partial charge in [0.2, 0.25) is 0 Å². The van der Waals surface area contributed by atoms with E-state index in [9.17, 15) is 32.7 Å². The van der Waals surface area contributed by atoms with Crippen LogP contribution in [-0.2, 0) is 9.59 Å². The van der Waals surface area contributed by atoms with E-state index in [4.69, 9.17) is 23.2 Å². The highest BCUT2D eigenvalue weighted by Gasteiger charge is 2.50. The van der Waals surface area contributed by atoms with Crippen molar-refractivity contribution < 1.29 is 32.7 Å². The first-order valence-corrected chi connectivity index (χ1v) is 13.9. The Morgan fingerprint density at radius 3 is 2.15 bits per heavy atom. The molecular weight excluding hydrogens is 554 g/mol. The summed E-state index contributed by atoms with van der Waals surface area (Å²) in [6.07, 6.45) is -2.41. The minimum atomic E-state index is -4.81. The van der Waals surface area contributed by atoms with Crippen LogP contribution >= 0.6 is 23.2 Å². The number of halogens is 5. The maximum Gasteiger partial charge on any atom is 0.415 e. The Labute approximate surface area is 236 Å². The van der Waals surface area contributed by atoms with E-state index < -0.39 is 58.2 Å². The Kier molecular flexibility index (Phi) is 9.75. The molecule has 0 radical (unpaired) electrons. The molecule has 1 aromatic rings. The van der Waals surface area contributed by atoms with Crippen LogP contribution in [0.3, 0.4) is 0 Å². The molecule has 1 heterocycles. The minimum absolute atomic E-state index is 0.0537. The van der Waals surface area contributed by atoms with E-state index in [-0.39, 0.29) is 60.1 Å². The van der Waals surface area contributed by atoms with E-state index in [0.717, 1.165) is 11.8 Å². The molecule has 1 saturated carbocycles. The third-order valence-electron chi connectivity index (χ3n) is 7.98. The molecule has 2 unspecified atom stereocenters. The van der Waals surface area contributed by atoms with E-state index in [0.29, 0.717) is 6.42 Å². The van der Waals surface area contributed by atoms with Gasteiger partial charge in [-0.05, 0) is 75.5 Å². The van der Waals surface area contributed by atoms with Crippen LogP contribution in [0.25, 0.3) is 0 Å². The zero-order chi connectivity index (χ0) is 29.3. The van der Waals surface area contributed by atoms with Gasteiger partial charge >= 0.3 is 12.1 Å². The molecule has 0 aromatic heterocycles. The van der Waals surface area contributed by atoms with Gasteiger partial charge < -0.3 is 5.11 Å². The molecule has 214 valence electrons. The molecule has 2 atom stereocenters. The first-order valence-electron chi connectivity index (χ1n) is 13.2. The van der Waals surface area contributed by atoms with Gasteiger partial charge in [0.25, 0.3) is 0 Å². The lowest BCUT2D eigenvalue weighted by atomic mass is 9.69. The second-order valence-corrected chi connectivity index (χ2v) is 12.3. The monoisotopic (exact) mass is 587 g/mol. The summed E-state index contributed by atoms with van der Waals surface area (Å²) in [5.41, 5.74) is -1.70. The number of ketones is 2. The third kappa shape index (κ3) is 7.12. The summed E-state index contributed by atoms with van der Waals surface area (Å²) in [5.74, 6) is -3.62. The number of allylic oxidation sites excluding steroid dienone is 1. The zero-order valence-corrected chi connectivity index (χ0v) is 24.0. The van der Waals surface area contributed by atoms with Crippen molar-refractivity contribution in [3.05, 3.63) is 44.5 Å². The summed E-state index contributed by atoms with van der Waals surface area (Å²) in [5, 5.41) is 9.75. The number of hydrogen-bond acceptors (Lipinski definition) is 4. The summed E-state index contributed by atoms with van der Waals surface area (Å²) in [4.78, 5) is 42.7. The van der Waals surface area contributed by atoms with Gasteiger partial charge in [0.1, 0.15) is 0 Å². The van der Waals surface area contributed by atoms with E-state index in [2.05, 4.69) is 4.99 Å². The van der Waals surface area contributed by atoms with Crippen LogP contribution < -0.4 is 0 Å². The number of Topliss-reactive ketones (excluding diaryl/α,β-unsaturated/α-hetero) is 2. The van der Waals surface area contributed by atoms with Crippen molar-refractivity contribution in [3.63, 3.8) is 0 Å². The number of aryl methyl sites for hydroxylation is 1. The Morgan fingerprint density at radius 1 is 1.10 bits per heavy atom. The molecule has 3 rings (SSSR count). The number of carboxylic acids is 1. The predicted molar refractivity (Wildman–Crippen MR) is 146 cm³/mol. The van der Waals surface area contributed by atoms with E-state index in [1.807, 2.05) is 13.8 Å². The topological polar surface area (TPSA) is 83.8 Å². The number of carboxylic acid groups (broad SMARTS) is 1. The van der Waals surface area contributed by atoms with Crippen molar-refractivity contribution in [2.24, 2.45) is 28.2 Å². The summed E-state index contributed by atoms with van der Waals surface area (Å²) in [7, 11) is 0. The quantitative estimate of drug-likeness (QED) is 0.280. The Balaban J connectivity index is 1.93. The molecule has 10 heteroatoms. The highest BCUT2D eigenvalue weighted by atomic mass is 35.5. The van der Waals surface area contributed by atoms with Gasteiger partial charge in [0, 0.05) is 24.1 Å². The van der Waals surface area contributed by atoms with Crippen molar-refractivity contribution in [3.8, 4) is 0 Å². The number of nitrogens with zero attached hydrogens (tertiary/aromatic N) is 1. The zero-order valence-electron chi connectivity index (χ0n) is 22.5. The predicted octanol–water partition coefficient (Wildman–Crippen LogP) is 8.09. The van der Waals surface area contributed by atoms with Gasteiger partial charge in [0.15, 0.2) is 11.6 Å². The largest absolute Gasteiger partial charge is 0.481 e. The molecule has 1 N–H and O–H groups in total. The van der Waals surface area contributed by atoms with Crippen LogP contribution in [0.5, 0.6) is 0 Å². The Morgan fingerprint density at radius 2 is 1.67 bits per heavy atom. The summed E-state index contributed by atoms with van der Waals surface area (Å²) in [6, 6.07) is 1.87. The molecular formula is C29H34Cl2F3NO4. The molecule has 1 aromatic carbocycles. The smallest absolute Gasteiger partial charge is 0.415 e. The number of aliphatic carboxylic acids is 1. The van der Waals surface area contributed by atoms with Gasteiger partial charge in [0.05, 0.1) is 32.6 Å². The standard InChI is InChI=1S/C29H34Cl2F3NO4/c1-15(2)5-6-18(13-22(36)23-20(30)11-16(3)12-21(23)31)26(37)19-14-35-25(24(19)29(32,33)34)17-7-9-28(4,10-8-17)27(38)39/h11-12,14-15,17-18,25H,5-10,13H2,1-4H3,(H,38,39)/t17-,18?,25?,28-. The van der Waals surface area contributed by atoms with Crippen LogP contribution in [-0.4, -0.2) is 41.1 Å². The van der Waals surface area contributed by atoms with Crippen molar-refractivity contribution >= 4 is 47.0 Å². The number of hydrogen-bond donors (Lipinski definition) is 1. The maximum absolute atomic E-state index is 14.4. The average Bonchev–Trinajstić information content (AvgIpc) is 3.27. The molecule has 2 aliphatic rings. The number of carbonyl (C=O) groups is 3. The van der Waals surface area contributed by atoms with Gasteiger partial charge in [-0.25, -0.2) is 0 Å². The van der Waals surface area contributed by atoms with E-state index >= 15 is 0 Å². The minimum Gasteiger partial charge on any atom is -0.481 e. The summed E-state index contributed by atoms with van der Waals surface area (Å²) < 4.78 is 43.3. The van der Waals surface area contributed by atoms with Crippen molar-refractivity contribution in [2.75, 3.05) is 0 Å². The normalized spacial score (nSPS) is 24.4. The van der Waals surface area contributed by atoms with Crippen molar-refractivity contribution in [2.45, 2.75) is 84.9 Å². The maximum atomic E-state index is 14.4. The fourth-order valence-electron chi connectivity index (χ4n) is 5.51. The van der Waals surface area contributed by atoms with Gasteiger partial charge in [-0.1, -0.05) is 43.5 Å². The lowest BCUT2D eigenvalue weighted by molar-refractivity contribution is -0.150. The van der Waals surface area contributed by atoms with Gasteiger partial charge in [-0.2, -0.15) is 13.2 Å². The highest BCUT2D eigenvalue weighted by molar-refractivity contribution is 6.40. The van der Waals surface area contributed by atoms with Crippen molar-refractivity contribution in [1.82, 2.24) is 0 Å². The SMILES string of the molecule is Cc1cc(Cl)c(C(=O)CC(CCC(C)C)C(=O)C2=C(C(F)(F)F)C([C@H]3CC[C@](C)(C(=O)O)CC3)N=C2)c(Cl)c1. The summed E-state index contributed by atoms with van der Waals surface area (Å²) >= 11 is 12.5. The van der Waals surface area contributed by atoms with Crippen LogP contribution in [0.2, 0.25) is 10.0 Å². The molecule has 0 bridgehead atoms. The first-order chi connectivity index (χ1) is 18.0. The van der Waals surface area contributed by atoms with E-state index in [1.165, 1.54) is 0 Å². The molecule has 39 heavy (non-hydrogen) atoms. The van der Waals surface area contributed by atoms with Gasteiger partial charge in [-0.15, -0.1) is 0 Å². The molecule has 0 amide bonds. The third-order valence-corrected chi connectivity index (χ3v) is 8.57. The molecule has 1 aliphatic carbocycles. The number of carbonyl (C=O) groups excluding carboxylic acids is 2. The van der Waals surface area contributed by atoms with Gasteiger partial charge in [-0.3, -0.25) is 19.4 Å².